The van der Waals surface area contributed by atoms with E-state index in [1.807, 2.05) is 0 Å². The molecule has 0 saturated carbocycles. The first kappa shape index (κ1) is 10.6. The number of ether oxygens (including phenoxy) is 1. The molecular weight excluding hydrogens is 214 g/mol. The molecule has 1 atom stereocenters. The number of carbonyl (C=O) groups is 2. The Hall–Kier alpha value is -1.89. The Bertz CT molecular complexity index is 389. The van der Waals surface area contributed by atoms with E-state index in [2.05, 4.69) is 9.97 Å². The second-order valence-electron chi connectivity index (χ2n) is 3.41. The van der Waals surface area contributed by atoms with Crippen LogP contribution in [-0.4, -0.2) is 57.7 Å². The summed E-state index contributed by atoms with van der Waals surface area (Å²) >= 11 is 0. The Balaban J connectivity index is 2.05. The average molecular weight is 225 g/mol. The predicted octanol–water partition coefficient (Wildman–Crippen LogP) is -0.665. The molecule has 2 N–H and O–H groups in total. The molecule has 1 aliphatic heterocycles. The van der Waals surface area contributed by atoms with E-state index in [0.717, 1.165) is 0 Å². The van der Waals surface area contributed by atoms with Crippen LogP contribution in [-0.2, 0) is 9.53 Å². The molecule has 0 radical (unpaired) electrons. The maximum atomic E-state index is 11.8. The number of nitrogens with zero attached hydrogens (tertiary/aromatic N) is 2. The molecule has 1 amide bonds. The fraction of sp³-hybridized carbons (Fsp3) is 0.444. The number of carboxylic acid groups (broad SMARTS) is 1. The van der Waals surface area contributed by atoms with Crippen molar-refractivity contribution in [1.82, 2.24) is 14.9 Å². The molecule has 1 fully saturated rings. The van der Waals surface area contributed by atoms with Crippen LogP contribution in [0.2, 0.25) is 0 Å². The molecular formula is C9H11N3O4. The van der Waals surface area contributed by atoms with Gasteiger partial charge in [0.2, 0.25) is 0 Å². The van der Waals surface area contributed by atoms with E-state index in [0.29, 0.717) is 12.2 Å². The quantitative estimate of drug-likeness (QED) is 0.696. The smallest absolute Gasteiger partial charge is 0.334 e. The van der Waals surface area contributed by atoms with Crippen LogP contribution in [0.25, 0.3) is 0 Å². The summed E-state index contributed by atoms with van der Waals surface area (Å²) in [5.74, 6) is -1.31. The molecule has 0 spiro atoms. The number of H-pyrrole nitrogens is 1. The van der Waals surface area contributed by atoms with E-state index in [9.17, 15) is 9.59 Å². The monoisotopic (exact) mass is 225 g/mol. The van der Waals surface area contributed by atoms with E-state index in [4.69, 9.17) is 9.84 Å². The van der Waals surface area contributed by atoms with Crippen LogP contribution in [0.4, 0.5) is 0 Å². The van der Waals surface area contributed by atoms with Gasteiger partial charge in [0.05, 0.1) is 25.7 Å². The molecule has 0 aliphatic carbocycles. The lowest BCUT2D eigenvalue weighted by Crippen LogP contribution is -2.48. The van der Waals surface area contributed by atoms with Crippen LogP contribution in [0.15, 0.2) is 12.5 Å². The van der Waals surface area contributed by atoms with Crippen molar-refractivity contribution in [2.75, 3.05) is 19.7 Å². The Morgan fingerprint density at radius 3 is 3.06 bits per heavy atom. The zero-order chi connectivity index (χ0) is 11.5. The summed E-state index contributed by atoms with van der Waals surface area (Å²) in [5, 5.41) is 8.79. The van der Waals surface area contributed by atoms with Crippen LogP contribution < -0.4 is 0 Å². The van der Waals surface area contributed by atoms with Gasteiger partial charge in [-0.1, -0.05) is 0 Å². The van der Waals surface area contributed by atoms with Crippen molar-refractivity contribution in [2.45, 2.75) is 6.10 Å². The van der Waals surface area contributed by atoms with Crippen LogP contribution in [0.1, 0.15) is 10.5 Å². The van der Waals surface area contributed by atoms with Crippen molar-refractivity contribution in [1.29, 1.82) is 0 Å². The lowest BCUT2D eigenvalue weighted by molar-refractivity contribution is -0.154. The zero-order valence-corrected chi connectivity index (χ0v) is 8.42. The molecule has 0 aromatic carbocycles. The summed E-state index contributed by atoms with van der Waals surface area (Å²) in [6, 6.07) is 0. The number of morpholine rings is 1. The van der Waals surface area contributed by atoms with Crippen molar-refractivity contribution < 1.29 is 19.4 Å². The van der Waals surface area contributed by atoms with Gasteiger partial charge in [-0.2, -0.15) is 0 Å². The fourth-order valence-corrected chi connectivity index (χ4v) is 1.53. The average Bonchev–Trinajstić information content (AvgIpc) is 2.81. The molecule has 1 unspecified atom stereocenters. The van der Waals surface area contributed by atoms with Crippen molar-refractivity contribution in [3.05, 3.63) is 18.2 Å². The number of aromatic amines is 1. The Labute approximate surface area is 91.0 Å². The third-order valence-electron chi connectivity index (χ3n) is 2.36. The van der Waals surface area contributed by atoms with Gasteiger partial charge in [0.25, 0.3) is 5.91 Å². The number of nitrogens with one attached hydrogen (secondary N) is 1. The first-order chi connectivity index (χ1) is 7.68. The van der Waals surface area contributed by atoms with Gasteiger partial charge >= 0.3 is 5.97 Å². The van der Waals surface area contributed by atoms with E-state index in [1.54, 1.807) is 0 Å². The number of hydrogen-bond acceptors (Lipinski definition) is 4. The summed E-state index contributed by atoms with van der Waals surface area (Å²) in [5.41, 5.74) is 0.353. The van der Waals surface area contributed by atoms with E-state index < -0.39 is 12.1 Å². The van der Waals surface area contributed by atoms with Crippen LogP contribution in [0.5, 0.6) is 0 Å². The summed E-state index contributed by atoms with van der Waals surface area (Å²) in [7, 11) is 0. The van der Waals surface area contributed by atoms with E-state index in [-0.39, 0.29) is 19.1 Å². The van der Waals surface area contributed by atoms with Gasteiger partial charge < -0.3 is 19.7 Å². The molecule has 2 rings (SSSR count). The highest BCUT2D eigenvalue weighted by molar-refractivity contribution is 5.92. The fourth-order valence-electron chi connectivity index (χ4n) is 1.53. The molecule has 1 saturated heterocycles. The molecule has 0 bridgehead atoms. The Morgan fingerprint density at radius 1 is 1.62 bits per heavy atom. The normalized spacial score (nSPS) is 20.8. The molecule has 86 valence electrons. The SMILES string of the molecule is O=C(O)C1CN(C(=O)c2cnc[nH]2)CCO1. The van der Waals surface area contributed by atoms with Crippen molar-refractivity contribution in [3.63, 3.8) is 0 Å². The minimum Gasteiger partial charge on any atom is -0.479 e. The highest BCUT2D eigenvalue weighted by atomic mass is 16.5. The maximum absolute atomic E-state index is 11.8. The number of aliphatic carboxylic acids is 1. The third kappa shape index (κ3) is 2.03. The number of amides is 1. The minimum atomic E-state index is -1.05. The van der Waals surface area contributed by atoms with Crippen LogP contribution in [0.3, 0.4) is 0 Å². The highest BCUT2D eigenvalue weighted by Crippen LogP contribution is 2.08. The first-order valence-corrected chi connectivity index (χ1v) is 4.80. The largest absolute Gasteiger partial charge is 0.479 e. The Morgan fingerprint density at radius 2 is 2.44 bits per heavy atom. The van der Waals surface area contributed by atoms with Gasteiger partial charge in [0, 0.05) is 6.54 Å². The molecule has 2 heterocycles. The van der Waals surface area contributed by atoms with E-state index >= 15 is 0 Å². The molecule has 1 aliphatic rings. The number of imidazole rings is 1. The zero-order valence-electron chi connectivity index (χ0n) is 8.42. The van der Waals surface area contributed by atoms with Gasteiger partial charge in [-0.25, -0.2) is 9.78 Å². The van der Waals surface area contributed by atoms with Gasteiger partial charge in [0.1, 0.15) is 5.69 Å². The number of aromatic nitrogens is 2. The summed E-state index contributed by atoms with van der Waals surface area (Å²) in [6.07, 6.45) is 1.87. The second-order valence-corrected chi connectivity index (χ2v) is 3.41. The predicted molar refractivity (Wildman–Crippen MR) is 51.9 cm³/mol. The van der Waals surface area contributed by atoms with Gasteiger partial charge in [-0.05, 0) is 0 Å². The lowest BCUT2D eigenvalue weighted by atomic mass is 10.2. The third-order valence-corrected chi connectivity index (χ3v) is 2.36. The number of hydrogen-bond donors (Lipinski definition) is 2. The molecule has 16 heavy (non-hydrogen) atoms. The van der Waals surface area contributed by atoms with Gasteiger partial charge in [0.15, 0.2) is 6.10 Å². The number of carboxylic acids is 1. The molecule has 7 heteroatoms. The molecule has 1 aromatic rings. The topological polar surface area (TPSA) is 95.5 Å². The highest BCUT2D eigenvalue weighted by Gasteiger charge is 2.29. The minimum absolute atomic E-state index is 0.0627. The number of rotatable bonds is 2. The van der Waals surface area contributed by atoms with Gasteiger partial charge in [-0.15, -0.1) is 0 Å². The van der Waals surface area contributed by atoms with Crippen molar-refractivity contribution >= 4 is 11.9 Å². The standard InChI is InChI=1S/C9H11N3O4/c13-8(6-3-10-5-11-6)12-1-2-16-7(4-12)9(14)15/h3,5,7H,1-2,4H2,(H,10,11)(H,14,15). The summed E-state index contributed by atoms with van der Waals surface area (Å²) in [6.45, 7) is 0.686. The van der Waals surface area contributed by atoms with Crippen LogP contribution in [0, 0.1) is 0 Å². The molecule has 1 aromatic heterocycles. The Kier molecular flexibility index (Phi) is 2.86. The van der Waals surface area contributed by atoms with Gasteiger partial charge in [-0.3, -0.25) is 4.79 Å². The van der Waals surface area contributed by atoms with E-state index in [1.165, 1.54) is 17.4 Å². The van der Waals surface area contributed by atoms with Crippen molar-refractivity contribution in [2.24, 2.45) is 0 Å². The summed E-state index contributed by atoms with van der Waals surface area (Å²) in [4.78, 5) is 30.4. The van der Waals surface area contributed by atoms with Crippen LogP contribution >= 0.6 is 0 Å². The maximum Gasteiger partial charge on any atom is 0.334 e. The molecule has 7 nitrogen and oxygen atoms in total. The summed E-state index contributed by atoms with van der Waals surface area (Å²) < 4.78 is 5.02. The number of carbonyl (C=O) groups excluding carboxylic acids is 1. The lowest BCUT2D eigenvalue weighted by Gasteiger charge is -2.30. The second kappa shape index (κ2) is 4.31. The van der Waals surface area contributed by atoms with Crippen molar-refractivity contribution in [3.8, 4) is 0 Å². The first-order valence-electron chi connectivity index (χ1n) is 4.80.